The van der Waals surface area contributed by atoms with Crippen LogP contribution in [0.1, 0.15) is 51.6 Å². The normalized spacial score (nSPS) is 15.1. The van der Waals surface area contributed by atoms with Crippen LogP contribution >= 0.6 is 0 Å². The van der Waals surface area contributed by atoms with Crippen molar-refractivity contribution in [1.29, 1.82) is 0 Å². The number of likely N-dealkylation sites (tertiary alicyclic amines) is 1. The average molecular weight is 425 g/mol. The van der Waals surface area contributed by atoms with Crippen LogP contribution in [0, 0.1) is 0 Å². The molecule has 1 aliphatic heterocycles. The molecule has 2 aromatic heterocycles. The molecule has 3 aromatic rings. The molecule has 0 bridgehead atoms. The van der Waals surface area contributed by atoms with Crippen LogP contribution in [0.5, 0.6) is 0 Å². The number of nitrogens with zero attached hydrogens (tertiary/aromatic N) is 3. The molecule has 31 heavy (non-hydrogen) atoms. The van der Waals surface area contributed by atoms with Crippen LogP contribution in [0.3, 0.4) is 0 Å². The van der Waals surface area contributed by atoms with Gasteiger partial charge in [-0.2, -0.15) is 13.2 Å². The lowest BCUT2D eigenvalue weighted by molar-refractivity contribution is -0.137. The maximum atomic E-state index is 12.7. The van der Waals surface area contributed by atoms with Crippen LogP contribution in [0.4, 0.5) is 13.2 Å². The number of piperidine rings is 1. The first kappa shape index (κ1) is 21.0. The Hall–Kier alpha value is -3.22. The number of alkyl halides is 3. The van der Waals surface area contributed by atoms with E-state index in [-0.39, 0.29) is 11.8 Å². The first-order chi connectivity index (χ1) is 14.9. The molecule has 4 rings (SSSR count). The smallest absolute Gasteiger partial charge is 0.339 e. The number of halogens is 3. The quantitative estimate of drug-likeness (QED) is 0.584. The molecule has 0 N–H and O–H groups in total. The van der Waals surface area contributed by atoms with Gasteiger partial charge in [0.05, 0.1) is 11.1 Å². The number of rotatable bonds is 4. The van der Waals surface area contributed by atoms with E-state index in [4.69, 9.17) is 4.98 Å². The fourth-order valence-electron chi connectivity index (χ4n) is 3.89. The number of hydrogen-bond acceptors (Lipinski definition) is 3. The van der Waals surface area contributed by atoms with E-state index >= 15 is 0 Å². The molecule has 4 nitrogen and oxygen atoms in total. The van der Waals surface area contributed by atoms with Gasteiger partial charge in [-0.15, -0.1) is 0 Å². The van der Waals surface area contributed by atoms with Gasteiger partial charge >= 0.3 is 6.18 Å². The molecule has 0 atom stereocenters. The van der Waals surface area contributed by atoms with E-state index in [2.05, 4.69) is 4.98 Å². The van der Waals surface area contributed by atoms with Crippen LogP contribution < -0.4 is 0 Å². The lowest BCUT2D eigenvalue weighted by Crippen LogP contribution is -2.38. The van der Waals surface area contributed by atoms with Crippen molar-refractivity contribution in [1.82, 2.24) is 14.9 Å². The molecule has 3 heterocycles. The van der Waals surface area contributed by atoms with Gasteiger partial charge in [0.1, 0.15) is 0 Å². The van der Waals surface area contributed by atoms with Crippen molar-refractivity contribution in [3.05, 3.63) is 95.1 Å². The second kappa shape index (κ2) is 8.88. The highest BCUT2D eigenvalue weighted by atomic mass is 19.4. The van der Waals surface area contributed by atoms with Crippen molar-refractivity contribution in [2.24, 2.45) is 0 Å². The standard InChI is InChI=1S/C24H22F3N3O/c25-24(26,27)20-8-6-17(7-9-20)15-21-4-1-5-22(29-21)18-10-13-30(14-11-18)23(31)19-3-2-12-28-16-19/h1-9,12,16,18H,10-11,13-15H2. The molecule has 160 valence electrons. The summed E-state index contributed by atoms with van der Waals surface area (Å²) in [5.41, 5.74) is 2.53. The highest BCUT2D eigenvalue weighted by Gasteiger charge is 2.30. The molecule has 0 saturated carbocycles. The van der Waals surface area contributed by atoms with Gasteiger partial charge in [0.2, 0.25) is 0 Å². The summed E-state index contributed by atoms with van der Waals surface area (Å²) in [6.45, 7) is 1.31. The SMILES string of the molecule is O=C(c1cccnc1)N1CCC(c2cccc(Cc3ccc(C(F)(F)F)cc3)n2)CC1. The van der Waals surface area contributed by atoms with E-state index < -0.39 is 11.7 Å². The molecular weight excluding hydrogens is 403 g/mol. The monoisotopic (exact) mass is 425 g/mol. The van der Waals surface area contributed by atoms with Crippen molar-refractivity contribution >= 4 is 5.91 Å². The van der Waals surface area contributed by atoms with Crippen molar-refractivity contribution in [2.75, 3.05) is 13.1 Å². The van der Waals surface area contributed by atoms with Crippen molar-refractivity contribution in [2.45, 2.75) is 31.4 Å². The largest absolute Gasteiger partial charge is 0.416 e. The van der Waals surface area contributed by atoms with Gasteiger partial charge in [-0.3, -0.25) is 14.8 Å². The molecule has 1 amide bonds. The summed E-state index contributed by atoms with van der Waals surface area (Å²) in [7, 11) is 0. The van der Waals surface area contributed by atoms with Gasteiger partial charge in [0.15, 0.2) is 0 Å². The highest BCUT2D eigenvalue weighted by Crippen LogP contribution is 2.30. The molecule has 0 radical (unpaired) electrons. The fourth-order valence-corrected chi connectivity index (χ4v) is 3.89. The van der Waals surface area contributed by atoms with Crippen LogP contribution in [-0.4, -0.2) is 33.9 Å². The summed E-state index contributed by atoms with van der Waals surface area (Å²) in [5, 5.41) is 0. The summed E-state index contributed by atoms with van der Waals surface area (Å²) in [5.74, 6) is 0.251. The molecule has 1 aromatic carbocycles. The Kier molecular flexibility index (Phi) is 6.02. The predicted molar refractivity (Wildman–Crippen MR) is 111 cm³/mol. The molecule has 0 aliphatic carbocycles. The van der Waals surface area contributed by atoms with Crippen LogP contribution in [0.2, 0.25) is 0 Å². The Balaban J connectivity index is 1.38. The van der Waals surface area contributed by atoms with E-state index in [0.717, 1.165) is 41.9 Å². The maximum absolute atomic E-state index is 12.7. The Bertz CT molecular complexity index is 1030. The van der Waals surface area contributed by atoms with Gasteiger partial charge < -0.3 is 4.90 Å². The van der Waals surface area contributed by atoms with Gasteiger partial charge in [-0.05, 0) is 54.8 Å². The first-order valence-electron chi connectivity index (χ1n) is 10.2. The molecule has 0 spiro atoms. The number of aromatic nitrogens is 2. The van der Waals surface area contributed by atoms with E-state index in [0.29, 0.717) is 25.1 Å². The second-order valence-electron chi connectivity index (χ2n) is 7.73. The van der Waals surface area contributed by atoms with E-state index in [9.17, 15) is 18.0 Å². The third-order valence-corrected chi connectivity index (χ3v) is 5.60. The highest BCUT2D eigenvalue weighted by molar-refractivity contribution is 5.93. The van der Waals surface area contributed by atoms with Crippen molar-refractivity contribution in [3.8, 4) is 0 Å². The van der Waals surface area contributed by atoms with E-state index in [1.54, 1.807) is 24.5 Å². The third-order valence-electron chi connectivity index (χ3n) is 5.60. The maximum Gasteiger partial charge on any atom is 0.416 e. The van der Waals surface area contributed by atoms with Crippen LogP contribution in [0.15, 0.2) is 67.0 Å². The fraction of sp³-hybridized carbons (Fsp3) is 0.292. The van der Waals surface area contributed by atoms with Crippen LogP contribution in [0.25, 0.3) is 0 Å². The summed E-state index contributed by atoms with van der Waals surface area (Å²) < 4.78 is 38.2. The Morgan fingerprint density at radius 3 is 2.39 bits per heavy atom. The first-order valence-corrected chi connectivity index (χ1v) is 10.2. The molecule has 0 unspecified atom stereocenters. The Labute approximate surface area is 178 Å². The van der Waals surface area contributed by atoms with E-state index in [1.807, 2.05) is 23.1 Å². The zero-order chi connectivity index (χ0) is 21.8. The number of hydrogen-bond donors (Lipinski definition) is 0. The lowest BCUT2D eigenvalue weighted by atomic mass is 9.92. The van der Waals surface area contributed by atoms with Gasteiger partial charge in [0.25, 0.3) is 5.91 Å². The second-order valence-corrected chi connectivity index (χ2v) is 7.73. The summed E-state index contributed by atoms with van der Waals surface area (Å²) in [6.07, 6.45) is 1.02. The Morgan fingerprint density at radius 2 is 1.74 bits per heavy atom. The average Bonchev–Trinajstić information content (AvgIpc) is 2.79. The van der Waals surface area contributed by atoms with Gasteiger partial charge in [0, 0.05) is 49.2 Å². The minimum atomic E-state index is -4.33. The molecule has 1 aliphatic rings. The van der Waals surface area contributed by atoms with E-state index in [1.165, 1.54) is 12.1 Å². The predicted octanol–water partition coefficient (Wildman–Crippen LogP) is 5.11. The minimum Gasteiger partial charge on any atom is -0.339 e. The summed E-state index contributed by atoms with van der Waals surface area (Å²) in [6, 6.07) is 14.6. The van der Waals surface area contributed by atoms with Crippen molar-refractivity contribution in [3.63, 3.8) is 0 Å². The zero-order valence-electron chi connectivity index (χ0n) is 16.8. The number of amides is 1. The van der Waals surface area contributed by atoms with Crippen molar-refractivity contribution < 1.29 is 18.0 Å². The topological polar surface area (TPSA) is 46.1 Å². The number of pyridine rings is 2. The number of carbonyl (C=O) groups is 1. The zero-order valence-corrected chi connectivity index (χ0v) is 16.8. The number of carbonyl (C=O) groups excluding carboxylic acids is 1. The molecule has 1 fully saturated rings. The summed E-state index contributed by atoms with van der Waals surface area (Å²) in [4.78, 5) is 23.2. The molecular formula is C24H22F3N3O. The minimum absolute atomic E-state index is 0.00411. The van der Waals surface area contributed by atoms with Gasteiger partial charge in [-0.1, -0.05) is 18.2 Å². The molecule has 7 heteroatoms. The Morgan fingerprint density at radius 1 is 1.00 bits per heavy atom. The van der Waals surface area contributed by atoms with Crippen LogP contribution in [-0.2, 0) is 12.6 Å². The third kappa shape index (κ3) is 5.10. The van der Waals surface area contributed by atoms with Gasteiger partial charge in [-0.25, -0.2) is 0 Å². The summed E-state index contributed by atoms with van der Waals surface area (Å²) >= 11 is 0. The molecule has 1 saturated heterocycles. The number of benzene rings is 1. The lowest BCUT2D eigenvalue weighted by Gasteiger charge is -2.32.